The zero-order chi connectivity index (χ0) is 14.6. The number of nitrogens with zero attached hydrogens (tertiary/aromatic N) is 2. The van der Waals surface area contributed by atoms with Gasteiger partial charge in [0.05, 0.1) is 23.7 Å². The highest BCUT2D eigenvalue weighted by Gasteiger charge is 2.18. The Balaban J connectivity index is 2.03. The van der Waals surface area contributed by atoms with Crippen LogP contribution in [0.25, 0.3) is 0 Å². The molecule has 0 bridgehead atoms. The second kappa shape index (κ2) is 6.06. The van der Waals surface area contributed by atoms with E-state index in [0.717, 1.165) is 21.5 Å². The van der Waals surface area contributed by atoms with E-state index in [1.54, 1.807) is 0 Å². The number of nitrogens with one attached hydrogen (secondary N) is 1. The zero-order valence-electron chi connectivity index (χ0n) is 11.5. The maximum Gasteiger partial charge on any atom is 0.106 e. The third-order valence-electron chi connectivity index (χ3n) is 3.13. The number of aromatic nitrogens is 1. The molecule has 0 saturated heterocycles. The Labute approximate surface area is 127 Å². The summed E-state index contributed by atoms with van der Waals surface area (Å²) in [6.07, 6.45) is 0. The third kappa shape index (κ3) is 3.58. The second-order valence-electron chi connectivity index (χ2n) is 5.12. The van der Waals surface area contributed by atoms with Gasteiger partial charge in [-0.15, -0.1) is 0 Å². The summed E-state index contributed by atoms with van der Waals surface area (Å²) in [7, 11) is 0. The quantitative estimate of drug-likeness (QED) is 0.852. The number of anilines is 1. The number of hydrogen-bond donors (Lipinski definition) is 1. The van der Waals surface area contributed by atoms with Crippen molar-refractivity contribution in [3.05, 3.63) is 58.3 Å². The molecule has 2 aromatic rings. The van der Waals surface area contributed by atoms with E-state index in [2.05, 4.69) is 32.3 Å². The van der Waals surface area contributed by atoms with Gasteiger partial charge in [0.1, 0.15) is 4.60 Å². The van der Waals surface area contributed by atoms with Crippen LogP contribution in [0.5, 0.6) is 0 Å². The van der Waals surface area contributed by atoms with Crippen LogP contribution >= 0.6 is 15.9 Å². The van der Waals surface area contributed by atoms with Crippen LogP contribution in [0.4, 0.5) is 5.69 Å². The number of halogens is 1. The molecular weight excluding hydrogens is 314 g/mol. The zero-order valence-corrected chi connectivity index (χ0v) is 13.1. The number of rotatable bonds is 4. The van der Waals surface area contributed by atoms with E-state index in [9.17, 15) is 0 Å². The molecule has 0 spiro atoms. The molecule has 0 saturated carbocycles. The molecule has 3 nitrogen and oxygen atoms in total. The average molecular weight is 330 g/mol. The van der Waals surface area contributed by atoms with Gasteiger partial charge in [0.25, 0.3) is 0 Å². The van der Waals surface area contributed by atoms with Crippen LogP contribution in [0.2, 0.25) is 0 Å². The molecule has 0 unspecified atom stereocenters. The molecule has 20 heavy (non-hydrogen) atoms. The molecule has 1 N–H and O–H groups in total. The van der Waals surface area contributed by atoms with Gasteiger partial charge in [-0.3, -0.25) is 0 Å². The minimum absolute atomic E-state index is 0.454. The number of nitriles is 1. The molecule has 2 rings (SSSR count). The third-order valence-corrected chi connectivity index (χ3v) is 3.57. The van der Waals surface area contributed by atoms with Crippen molar-refractivity contribution in [3.63, 3.8) is 0 Å². The van der Waals surface area contributed by atoms with E-state index in [1.165, 1.54) is 0 Å². The SMILES string of the molecule is CC(C)(C#N)c1ccc(NCc2cccc(Br)n2)cc1. The van der Waals surface area contributed by atoms with Gasteiger partial charge in [0, 0.05) is 5.69 Å². The summed E-state index contributed by atoms with van der Waals surface area (Å²) in [4.78, 5) is 4.37. The van der Waals surface area contributed by atoms with Crippen LogP contribution in [0.15, 0.2) is 47.1 Å². The lowest BCUT2D eigenvalue weighted by molar-refractivity contribution is 0.687. The van der Waals surface area contributed by atoms with E-state index < -0.39 is 5.41 Å². The minimum atomic E-state index is -0.454. The highest BCUT2D eigenvalue weighted by atomic mass is 79.9. The van der Waals surface area contributed by atoms with Gasteiger partial charge in [-0.1, -0.05) is 18.2 Å². The van der Waals surface area contributed by atoms with Gasteiger partial charge in [0.2, 0.25) is 0 Å². The second-order valence-corrected chi connectivity index (χ2v) is 5.93. The molecule has 0 atom stereocenters. The Bertz CT molecular complexity index is 627. The molecule has 0 aliphatic carbocycles. The summed E-state index contributed by atoms with van der Waals surface area (Å²) in [5.74, 6) is 0. The van der Waals surface area contributed by atoms with Crippen LogP contribution in [0.3, 0.4) is 0 Å². The first-order chi connectivity index (χ1) is 9.51. The Hall–Kier alpha value is -1.86. The first-order valence-corrected chi connectivity index (χ1v) is 7.18. The maximum atomic E-state index is 9.12. The Morgan fingerprint density at radius 3 is 2.50 bits per heavy atom. The van der Waals surface area contributed by atoms with Crippen molar-refractivity contribution >= 4 is 21.6 Å². The van der Waals surface area contributed by atoms with Crippen LogP contribution < -0.4 is 5.32 Å². The molecule has 0 aliphatic heterocycles. The lowest BCUT2D eigenvalue weighted by atomic mass is 9.86. The first-order valence-electron chi connectivity index (χ1n) is 6.38. The Morgan fingerprint density at radius 2 is 1.90 bits per heavy atom. The largest absolute Gasteiger partial charge is 0.379 e. The summed E-state index contributed by atoms with van der Waals surface area (Å²) >= 11 is 3.36. The van der Waals surface area contributed by atoms with Gasteiger partial charge in [-0.05, 0) is 59.6 Å². The number of hydrogen-bond acceptors (Lipinski definition) is 3. The fraction of sp³-hybridized carbons (Fsp3) is 0.250. The first kappa shape index (κ1) is 14.5. The van der Waals surface area contributed by atoms with Crippen molar-refractivity contribution in [3.8, 4) is 6.07 Å². The van der Waals surface area contributed by atoms with Crippen molar-refractivity contribution < 1.29 is 0 Å². The van der Waals surface area contributed by atoms with Gasteiger partial charge in [-0.25, -0.2) is 4.98 Å². The highest BCUT2D eigenvalue weighted by molar-refractivity contribution is 9.10. The molecule has 1 aromatic carbocycles. The summed E-state index contributed by atoms with van der Waals surface area (Å²) in [5, 5.41) is 12.4. The number of pyridine rings is 1. The van der Waals surface area contributed by atoms with E-state index >= 15 is 0 Å². The highest BCUT2D eigenvalue weighted by Crippen LogP contribution is 2.23. The van der Waals surface area contributed by atoms with Crippen LogP contribution in [-0.2, 0) is 12.0 Å². The summed E-state index contributed by atoms with van der Waals surface area (Å²) < 4.78 is 0.836. The molecule has 1 aromatic heterocycles. The molecule has 0 radical (unpaired) electrons. The minimum Gasteiger partial charge on any atom is -0.379 e. The normalized spacial score (nSPS) is 10.9. The lowest BCUT2D eigenvalue weighted by Gasteiger charge is -2.16. The fourth-order valence-corrected chi connectivity index (χ4v) is 2.19. The summed E-state index contributed by atoms with van der Waals surface area (Å²) in [5.41, 5.74) is 2.56. The summed E-state index contributed by atoms with van der Waals surface area (Å²) in [6, 6.07) is 16.1. The lowest BCUT2D eigenvalue weighted by Crippen LogP contribution is -2.13. The van der Waals surface area contributed by atoms with Crippen LogP contribution in [0, 0.1) is 11.3 Å². The molecule has 0 fully saturated rings. The predicted molar refractivity (Wildman–Crippen MR) is 84.3 cm³/mol. The molecule has 0 aliphatic rings. The predicted octanol–water partition coefficient (Wildman–Crippen LogP) is 4.26. The van der Waals surface area contributed by atoms with E-state index in [4.69, 9.17) is 5.26 Å². The number of benzene rings is 1. The fourth-order valence-electron chi connectivity index (χ4n) is 1.81. The van der Waals surface area contributed by atoms with Crippen molar-refractivity contribution in [2.45, 2.75) is 25.8 Å². The van der Waals surface area contributed by atoms with Crippen LogP contribution in [0.1, 0.15) is 25.1 Å². The molecule has 102 valence electrons. The molecule has 4 heteroatoms. The molecular formula is C16H16BrN3. The molecule has 1 heterocycles. The maximum absolute atomic E-state index is 9.12. The van der Waals surface area contributed by atoms with Crippen molar-refractivity contribution in [1.82, 2.24) is 4.98 Å². The van der Waals surface area contributed by atoms with E-state index in [1.807, 2.05) is 56.3 Å². The van der Waals surface area contributed by atoms with Crippen molar-refractivity contribution in [1.29, 1.82) is 5.26 Å². The topological polar surface area (TPSA) is 48.7 Å². The molecule has 0 amide bonds. The van der Waals surface area contributed by atoms with Gasteiger partial charge in [0.15, 0.2) is 0 Å². The van der Waals surface area contributed by atoms with Crippen molar-refractivity contribution in [2.24, 2.45) is 0 Å². The smallest absolute Gasteiger partial charge is 0.106 e. The van der Waals surface area contributed by atoms with Gasteiger partial charge >= 0.3 is 0 Å². The van der Waals surface area contributed by atoms with Gasteiger partial charge < -0.3 is 5.32 Å². The van der Waals surface area contributed by atoms with E-state index in [-0.39, 0.29) is 0 Å². The van der Waals surface area contributed by atoms with E-state index in [0.29, 0.717) is 6.54 Å². The Kier molecular flexibility index (Phi) is 4.41. The van der Waals surface area contributed by atoms with Gasteiger partial charge in [-0.2, -0.15) is 5.26 Å². The van der Waals surface area contributed by atoms with Crippen molar-refractivity contribution in [2.75, 3.05) is 5.32 Å². The Morgan fingerprint density at radius 1 is 1.20 bits per heavy atom. The standard InChI is InChI=1S/C16H16BrN3/c1-16(2,11-18)12-6-8-13(9-7-12)19-10-14-4-3-5-15(17)20-14/h3-9,19H,10H2,1-2H3. The summed E-state index contributed by atoms with van der Waals surface area (Å²) in [6.45, 7) is 4.50. The average Bonchev–Trinajstić information content (AvgIpc) is 2.46. The van der Waals surface area contributed by atoms with Crippen LogP contribution in [-0.4, -0.2) is 4.98 Å². The monoisotopic (exact) mass is 329 g/mol.